The maximum absolute atomic E-state index is 12.6. The number of hydrogen-bond donors (Lipinski definition) is 3. The number of aliphatic hydroxyl groups is 1. The first kappa shape index (κ1) is 15.8. The van der Waals surface area contributed by atoms with Crippen LogP contribution in [0.4, 0.5) is 5.69 Å². The Kier molecular flexibility index (Phi) is 4.52. The van der Waals surface area contributed by atoms with Crippen LogP contribution in [0.1, 0.15) is 0 Å². The largest absolute Gasteiger partial charge is 0.399 e. The number of nitrogens with two attached hydrogens (primary N) is 1. The van der Waals surface area contributed by atoms with Crippen LogP contribution in [-0.4, -0.2) is 56.2 Å². The highest BCUT2D eigenvalue weighted by Crippen LogP contribution is 2.26. The third-order valence-corrected chi connectivity index (χ3v) is 5.05. The molecule has 0 aliphatic heterocycles. The minimum Gasteiger partial charge on any atom is -0.399 e. The van der Waals surface area contributed by atoms with Crippen LogP contribution >= 0.6 is 0 Å². The third-order valence-electron chi connectivity index (χ3n) is 3.18. The number of methoxy groups -OCH3 is 1. The number of likely N-dealkylation sites (N-methyl/N-ethyl adjacent to an activating group) is 1. The number of nitrogens with zero attached hydrogens (tertiary/aromatic N) is 1. The fourth-order valence-corrected chi connectivity index (χ4v) is 3.51. The zero-order valence-electron chi connectivity index (χ0n) is 11.9. The summed E-state index contributed by atoms with van der Waals surface area (Å²) in [5, 5.41) is 10.2. The van der Waals surface area contributed by atoms with Gasteiger partial charge in [-0.3, -0.25) is 0 Å². The molecule has 0 saturated heterocycles. The predicted octanol–water partition coefficient (Wildman–Crippen LogP) is 0.378. The molecule has 1 unspecified atom stereocenters. The van der Waals surface area contributed by atoms with Gasteiger partial charge >= 0.3 is 0 Å². The van der Waals surface area contributed by atoms with Gasteiger partial charge in [-0.15, -0.1) is 0 Å². The smallest absolute Gasteiger partial charge is 0.245 e. The van der Waals surface area contributed by atoms with E-state index in [2.05, 4.69) is 4.98 Å². The van der Waals surface area contributed by atoms with Gasteiger partial charge in [-0.1, -0.05) is 0 Å². The predicted molar refractivity (Wildman–Crippen MR) is 80.4 cm³/mol. The summed E-state index contributed by atoms with van der Waals surface area (Å²) in [6.07, 6.45) is 0.550. The maximum Gasteiger partial charge on any atom is 0.245 e. The van der Waals surface area contributed by atoms with Gasteiger partial charge in [0.1, 0.15) is 4.90 Å². The zero-order chi connectivity index (χ0) is 15.6. The average Bonchev–Trinajstić information content (AvgIpc) is 2.82. The lowest BCUT2D eigenvalue weighted by atomic mass is 10.2. The van der Waals surface area contributed by atoms with E-state index in [1.165, 1.54) is 20.4 Å². The Morgan fingerprint density at radius 1 is 1.48 bits per heavy atom. The summed E-state index contributed by atoms with van der Waals surface area (Å²) in [4.78, 5) is 3.05. The van der Waals surface area contributed by atoms with E-state index >= 15 is 0 Å². The topological polar surface area (TPSA) is 109 Å². The first-order valence-corrected chi connectivity index (χ1v) is 7.80. The molecule has 2 rings (SSSR count). The van der Waals surface area contributed by atoms with Crippen molar-refractivity contribution in [3.63, 3.8) is 0 Å². The average molecular weight is 313 g/mol. The monoisotopic (exact) mass is 313 g/mol. The summed E-state index contributed by atoms with van der Waals surface area (Å²) in [7, 11) is -0.836. The van der Waals surface area contributed by atoms with Gasteiger partial charge in [0.15, 0.2) is 0 Å². The summed E-state index contributed by atoms with van der Waals surface area (Å²) in [6.45, 7) is 0.0299. The minimum absolute atomic E-state index is 0.0438. The molecule has 1 aromatic carbocycles. The summed E-state index contributed by atoms with van der Waals surface area (Å²) in [6, 6.07) is 4.98. The number of aromatic nitrogens is 1. The molecule has 2 aromatic rings. The number of anilines is 1. The van der Waals surface area contributed by atoms with Gasteiger partial charge in [0.05, 0.1) is 12.7 Å². The van der Waals surface area contributed by atoms with Crippen LogP contribution in [0, 0.1) is 0 Å². The molecule has 0 aliphatic rings. The van der Waals surface area contributed by atoms with Crippen LogP contribution in [0.25, 0.3) is 10.9 Å². The number of fused-ring (bicyclic) bond motifs is 1. The fraction of sp³-hybridized carbons (Fsp3) is 0.385. The SMILES string of the molecule is COCC(O)CN(C)S(=O)(=O)c1c[nH]c2cc(N)ccc12. The van der Waals surface area contributed by atoms with Crippen molar-refractivity contribution in [3.8, 4) is 0 Å². The Balaban J connectivity index is 2.33. The number of sulfonamides is 1. The zero-order valence-corrected chi connectivity index (χ0v) is 12.7. The molecule has 116 valence electrons. The lowest BCUT2D eigenvalue weighted by Gasteiger charge is -2.19. The summed E-state index contributed by atoms with van der Waals surface area (Å²) >= 11 is 0. The molecule has 0 saturated carbocycles. The maximum atomic E-state index is 12.6. The second kappa shape index (κ2) is 6.02. The van der Waals surface area contributed by atoms with E-state index < -0.39 is 16.1 Å². The fourth-order valence-electron chi connectivity index (χ4n) is 2.14. The van der Waals surface area contributed by atoms with Crippen molar-refractivity contribution < 1.29 is 18.3 Å². The highest BCUT2D eigenvalue weighted by Gasteiger charge is 2.26. The van der Waals surface area contributed by atoms with Gasteiger partial charge in [-0.05, 0) is 18.2 Å². The highest BCUT2D eigenvalue weighted by atomic mass is 32.2. The molecule has 21 heavy (non-hydrogen) atoms. The molecule has 0 radical (unpaired) electrons. The number of nitrogen functional groups attached to an aromatic ring is 1. The van der Waals surface area contributed by atoms with E-state index in [9.17, 15) is 13.5 Å². The molecule has 0 aliphatic carbocycles. The number of aliphatic hydroxyl groups excluding tert-OH is 1. The van der Waals surface area contributed by atoms with Gasteiger partial charge < -0.3 is 20.6 Å². The van der Waals surface area contributed by atoms with Gasteiger partial charge in [-0.2, -0.15) is 4.31 Å². The van der Waals surface area contributed by atoms with Crippen LogP contribution in [0.5, 0.6) is 0 Å². The van der Waals surface area contributed by atoms with Gasteiger partial charge in [-0.25, -0.2) is 8.42 Å². The van der Waals surface area contributed by atoms with Crippen LogP contribution in [0.3, 0.4) is 0 Å². The summed E-state index contributed by atoms with van der Waals surface area (Å²) in [5.74, 6) is 0. The summed E-state index contributed by atoms with van der Waals surface area (Å²) < 4.78 is 31.0. The normalized spacial score (nSPS) is 13.9. The van der Waals surface area contributed by atoms with Gasteiger partial charge in [0, 0.05) is 43.5 Å². The van der Waals surface area contributed by atoms with E-state index in [0.29, 0.717) is 16.6 Å². The minimum atomic E-state index is -3.70. The lowest BCUT2D eigenvalue weighted by molar-refractivity contribution is 0.0554. The van der Waals surface area contributed by atoms with E-state index in [-0.39, 0.29) is 18.0 Å². The number of aromatic amines is 1. The van der Waals surface area contributed by atoms with Crippen molar-refractivity contribution in [2.45, 2.75) is 11.0 Å². The van der Waals surface area contributed by atoms with Gasteiger partial charge in [0.2, 0.25) is 10.0 Å². The highest BCUT2D eigenvalue weighted by molar-refractivity contribution is 7.89. The van der Waals surface area contributed by atoms with Crippen molar-refractivity contribution in [3.05, 3.63) is 24.4 Å². The van der Waals surface area contributed by atoms with Crippen molar-refractivity contribution >= 4 is 26.6 Å². The Bertz CT molecular complexity index is 726. The quantitative estimate of drug-likeness (QED) is 0.668. The molecule has 0 bridgehead atoms. The third kappa shape index (κ3) is 3.18. The molecule has 1 heterocycles. The number of hydrogen-bond acceptors (Lipinski definition) is 5. The van der Waals surface area contributed by atoms with Crippen LogP contribution < -0.4 is 5.73 Å². The van der Waals surface area contributed by atoms with Crippen molar-refractivity contribution in [2.24, 2.45) is 0 Å². The Morgan fingerprint density at radius 2 is 2.19 bits per heavy atom. The number of benzene rings is 1. The molecule has 8 heteroatoms. The lowest BCUT2D eigenvalue weighted by Crippen LogP contribution is -2.36. The Hall–Kier alpha value is -1.61. The molecule has 0 amide bonds. The standard InChI is InChI=1S/C13H19N3O4S/c1-16(7-10(17)8-20-2)21(18,19)13-6-15-12-5-9(14)3-4-11(12)13/h3-6,10,15,17H,7-8,14H2,1-2H3. The van der Waals surface area contributed by atoms with Crippen molar-refractivity contribution in [1.82, 2.24) is 9.29 Å². The number of nitrogens with one attached hydrogen (secondary N) is 1. The molecule has 1 atom stereocenters. The number of rotatable bonds is 6. The Labute approximate surface area is 123 Å². The second-order valence-electron chi connectivity index (χ2n) is 4.85. The number of H-pyrrole nitrogens is 1. The first-order valence-electron chi connectivity index (χ1n) is 6.36. The first-order chi connectivity index (χ1) is 9.86. The van der Waals surface area contributed by atoms with E-state index in [0.717, 1.165) is 4.31 Å². The molecular formula is C13H19N3O4S. The van der Waals surface area contributed by atoms with Crippen molar-refractivity contribution in [1.29, 1.82) is 0 Å². The molecule has 0 spiro atoms. The molecule has 0 fully saturated rings. The van der Waals surface area contributed by atoms with E-state index in [1.54, 1.807) is 18.2 Å². The molecule has 7 nitrogen and oxygen atoms in total. The van der Waals surface area contributed by atoms with E-state index in [1.807, 2.05) is 0 Å². The van der Waals surface area contributed by atoms with Gasteiger partial charge in [0.25, 0.3) is 0 Å². The number of ether oxygens (including phenoxy) is 1. The van der Waals surface area contributed by atoms with Crippen molar-refractivity contribution in [2.75, 3.05) is 33.0 Å². The molecule has 1 aromatic heterocycles. The van der Waals surface area contributed by atoms with Crippen LogP contribution in [-0.2, 0) is 14.8 Å². The molecule has 4 N–H and O–H groups in total. The Morgan fingerprint density at radius 3 is 2.86 bits per heavy atom. The van der Waals surface area contributed by atoms with Crippen LogP contribution in [0.15, 0.2) is 29.3 Å². The molecular weight excluding hydrogens is 294 g/mol. The summed E-state index contributed by atoms with van der Waals surface area (Å²) in [5.41, 5.74) is 6.88. The van der Waals surface area contributed by atoms with Crippen LogP contribution in [0.2, 0.25) is 0 Å². The second-order valence-corrected chi connectivity index (χ2v) is 6.87. The van der Waals surface area contributed by atoms with E-state index in [4.69, 9.17) is 10.5 Å².